The lowest BCUT2D eigenvalue weighted by Crippen LogP contribution is -2.33. The van der Waals surface area contributed by atoms with E-state index in [0.29, 0.717) is 6.54 Å². The number of anilines is 1. The van der Waals surface area contributed by atoms with Crippen molar-refractivity contribution in [2.45, 2.75) is 0 Å². The fourth-order valence-corrected chi connectivity index (χ4v) is 1.34. The van der Waals surface area contributed by atoms with Crippen LogP contribution in [0.4, 0.5) is 5.69 Å². The number of hydrogen-bond donors (Lipinski definition) is 1. The molecule has 1 aromatic rings. The molecule has 0 aliphatic heterocycles. The van der Waals surface area contributed by atoms with Crippen molar-refractivity contribution in [1.29, 1.82) is 0 Å². The van der Waals surface area contributed by atoms with Gasteiger partial charge in [-0.2, -0.15) is 0 Å². The van der Waals surface area contributed by atoms with Gasteiger partial charge in [-0.25, -0.2) is 0 Å². The van der Waals surface area contributed by atoms with Gasteiger partial charge in [0, 0.05) is 17.2 Å². The van der Waals surface area contributed by atoms with E-state index in [1.165, 1.54) is 0 Å². The highest BCUT2D eigenvalue weighted by molar-refractivity contribution is 9.10. The van der Waals surface area contributed by atoms with Crippen molar-refractivity contribution in [3.05, 3.63) is 28.7 Å². The Morgan fingerprint density at radius 3 is 2.50 bits per heavy atom. The highest BCUT2D eigenvalue weighted by atomic mass is 79.9. The summed E-state index contributed by atoms with van der Waals surface area (Å²) in [7, 11) is 3.52. The summed E-state index contributed by atoms with van der Waals surface area (Å²) >= 11 is 3.35. The summed E-state index contributed by atoms with van der Waals surface area (Å²) in [6.45, 7) is 0.354. The molecule has 0 bridgehead atoms. The molecule has 1 N–H and O–H groups in total. The van der Waals surface area contributed by atoms with Gasteiger partial charge >= 0.3 is 0 Å². The average Bonchev–Trinajstić information content (AvgIpc) is 2.18. The van der Waals surface area contributed by atoms with Gasteiger partial charge in [-0.3, -0.25) is 4.79 Å². The fraction of sp³-hybridized carbons (Fsp3) is 0.300. The highest BCUT2D eigenvalue weighted by Crippen LogP contribution is 2.16. The Kier molecular flexibility index (Phi) is 4.10. The van der Waals surface area contributed by atoms with Crippen LogP contribution in [0.25, 0.3) is 0 Å². The van der Waals surface area contributed by atoms with Gasteiger partial charge in [0.15, 0.2) is 0 Å². The van der Waals surface area contributed by atoms with E-state index in [-0.39, 0.29) is 5.91 Å². The predicted molar refractivity (Wildman–Crippen MR) is 61.5 cm³/mol. The van der Waals surface area contributed by atoms with Crippen LogP contribution in [0.3, 0.4) is 0 Å². The van der Waals surface area contributed by atoms with Gasteiger partial charge in [0.25, 0.3) is 0 Å². The summed E-state index contributed by atoms with van der Waals surface area (Å²) in [6, 6.07) is 7.63. The molecule has 0 aromatic heterocycles. The minimum absolute atomic E-state index is 0.0508. The van der Waals surface area contributed by atoms with Crippen molar-refractivity contribution in [3.8, 4) is 0 Å². The number of hydrogen-bond acceptors (Lipinski definition) is 2. The summed E-state index contributed by atoms with van der Waals surface area (Å²) in [4.78, 5) is 13.1. The average molecular weight is 257 g/mol. The number of nitrogens with zero attached hydrogens (tertiary/aromatic N) is 1. The molecule has 0 heterocycles. The zero-order chi connectivity index (χ0) is 10.6. The molecule has 0 aliphatic carbocycles. The summed E-state index contributed by atoms with van der Waals surface area (Å²) in [5.41, 5.74) is 0.897. The molecule has 0 unspecified atom stereocenters. The van der Waals surface area contributed by atoms with E-state index in [0.717, 1.165) is 10.2 Å². The van der Waals surface area contributed by atoms with Gasteiger partial charge in [-0.05, 0) is 31.3 Å². The normalized spacial score (nSPS) is 9.93. The molecule has 0 saturated heterocycles. The van der Waals surface area contributed by atoms with Gasteiger partial charge in [0.2, 0.25) is 5.91 Å². The van der Waals surface area contributed by atoms with E-state index in [1.807, 2.05) is 24.3 Å². The predicted octanol–water partition coefficient (Wildman–Crippen LogP) is 1.63. The first-order valence-electron chi connectivity index (χ1n) is 4.32. The first-order chi connectivity index (χ1) is 6.65. The van der Waals surface area contributed by atoms with Crippen LogP contribution in [0.2, 0.25) is 0 Å². The highest BCUT2D eigenvalue weighted by Gasteiger charge is 2.08. The molecule has 0 atom stereocenters. The lowest BCUT2D eigenvalue weighted by molar-refractivity contribution is -0.117. The number of nitrogens with one attached hydrogen (secondary N) is 1. The van der Waals surface area contributed by atoms with Gasteiger partial charge in [-0.15, -0.1) is 0 Å². The summed E-state index contributed by atoms with van der Waals surface area (Å²) in [5, 5.41) is 2.83. The van der Waals surface area contributed by atoms with E-state index in [2.05, 4.69) is 21.2 Å². The van der Waals surface area contributed by atoms with Gasteiger partial charge in [-0.1, -0.05) is 15.9 Å². The van der Waals surface area contributed by atoms with E-state index in [4.69, 9.17) is 0 Å². The molecule has 3 nitrogen and oxygen atoms in total. The quantitative estimate of drug-likeness (QED) is 0.892. The number of rotatable bonds is 3. The van der Waals surface area contributed by atoms with Crippen LogP contribution in [0.1, 0.15) is 0 Å². The molecule has 4 heteroatoms. The monoisotopic (exact) mass is 256 g/mol. The third kappa shape index (κ3) is 2.82. The molecule has 14 heavy (non-hydrogen) atoms. The molecule has 0 fully saturated rings. The second-order valence-corrected chi connectivity index (χ2v) is 3.88. The van der Waals surface area contributed by atoms with Crippen LogP contribution in [-0.4, -0.2) is 26.5 Å². The Hall–Kier alpha value is -0.870. The third-order valence-electron chi connectivity index (χ3n) is 1.92. The molecule has 76 valence electrons. The smallest absolute Gasteiger partial charge is 0.240 e. The van der Waals surface area contributed by atoms with Crippen LogP contribution in [-0.2, 0) is 4.79 Å². The standard InChI is InChI=1S/C10H13BrN2O/c1-12-7-10(14)13(2)9-5-3-8(11)4-6-9/h3-6,12H,7H2,1-2H3. The van der Waals surface area contributed by atoms with Crippen molar-refractivity contribution >= 4 is 27.5 Å². The SMILES string of the molecule is CNCC(=O)N(C)c1ccc(Br)cc1. The minimum atomic E-state index is 0.0508. The Morgan fingerprint density at radius 1 is 1.43 bits per heavy atom. The van der Waals surface area contributed by atoms with Crippen LogP contribution < -0.4 is 10.2 Å². The molecule has 0 radical (unpaired) electrons. The van der Waals surface area contributed by atoms with Crippen molar-refractivity contribution in [1.82, 2.24) is 5.32 Å². The Morgan fingerprint density at radius 2 is 2.00 bits per heavy atom. The van der Waals surface area contributed by atoms with Crippen LogP contribution in [0, 0.1) is 0 Å². The van der Waals surface area contributed by atoms with Crippen LogP contribution >= 0.6 is 15.9 Å². The van der Waals surface area contributed by atoms with E-state index < -0.39 is 0 Å². The first kappa shape index (κ1) is 11.2. The molecular weight excluding hydrogens is 244 g/mol. The second-order valence-electron chi connectivity index (χ2n) is 2.96. The minimum Gasteiger partial charge on any atom is -0.314 e. The molecule has 0 spiro atoms. The Balaban J connectivity index is 2.73. The Labute approximate surface area is 92.2 Å². The maximum absolute atomic E-state index is 11.5. The molecule has 1 aromatic carbocycles. The summed E-state index contributed by atoms with van der Waals surface area (Å²) < 4.78 is 1.01. The topological polar surface area (TPSA) is 32.3 Å². The number of carbonyl (C=O) groups excluding carboxylic acids is 1. The number of halogens is 1. The number of carbonyl (C=O) groups is 1. The lowest BCUT2D eigenvalue weighted by Gasteiger charge is -2.16. The van der Waals surface area contributed by atoms with Crippen LogP contribution in [0.15, 0.2) is 28.7 Å². The van der Waals surface area contributed by atoms with Gasteiger partial charge in [0.1, 0.15) is 0 Å². The zero-order valence-electron chi connectivity index (χ0n) is 8.25. The van der Waals surface area contributed by atoms with Gasteiger partial charge < -0.3 is 10.2 Å². The van der Waals surface area contributed by atoms with E-state index in [9.17, 15) is 4.79 Å². The molecule has 1 rings (SSSR count). The van der Waals surface area contributed by atoms with Crippen molar-refractivity contribution in [2.24, 2.45) is 0 Å². The van der Waals surface area contributed by atoms with Crippen molar-refractivity contribution in [3.63, 3.8) is 0 Å². The zero-order valence-corrected chi connectivity index (χ0v) is 9.84. The molecule has 0 aliphatic rings. The third-order valence-corrected chi connectivity index (χ3v) is 2.44. The number of benzene rings is 1. The van der Waals surface area contributed by atoms with Gasteiger partial charge in [0.05, 0.1) is 6.54 Å². The fourth-order valence-electron chi connectivity index (χ4n) is 1.08. The van der Waals surface area contributed by atoms with E-state index in [1.54, 1.807) is 19.0 Å². The van der Waals surface area contributed by atoms with Crippen molar-refractivity contribution in [2.75, 3.05) is 25.5 Å². The maximum atomic E-state index is 11.5. The largest absolute Gasteiger partial charge is 0.314 e. The van der Waals surface area contributed by atoms with Crippen LogP contribution in [0.5, 0.6) is 0 Å². The van der Waals surface area contributed by atoms with E-state index >= 15 is 0 Å². The molecular formula is C10H13BrN2O. The lowest BCUT2D eigenvalue weighted by atomic mass is 10.3. The Bertz CT molecular complexity index is 310. The second kappa shape index (κ2) is 5.12. The van der Waals surface area contributed by atoms with Crippen molar-refractivity contribution < 1.29 is 4.79 Å². The first-order valence-corrected chi connectivity index (χ1v) is 5.11. The maximum Gasteiger partial charge on any atom is 0.240 e. The molecule has 0 saturated carbocycles. The number of amides is 1. The molecule has 1 amide bonds. The summed E-state index contributed by atoms with van der Waals surface area (Å²) in [5.74, 6) is 0.0508. The number of likely N-dealkylation sites (N-methyl/N-ethyl adjacent to an activating group) is 2. The summed E-state index contributed by atoms with van der Waals surface area (Å²) in [6.07, 6.45) is 0.